The third-order valence-corrected chi connectivity index (χ3v) is 5.84. The Kier molecular flexibility index (Phi) is 3.48. The number of rotatable bonds is 5. The van der Waals surface area contributed by atoms with Crippen LogP contribution in [0.1, 0.15) is 43.9 Å². The van der Waals surface area contributed by atoms with E-state index in [1.165, 1.54) is 37.0 Å². The summed E-state index contributed by atoms with van der Waals surface area (Å²) in [6.07, 6.45) is 6.75. The van der Waals surface area contributed by atoms with Crippen molar-refractivity contribution in [2.45, 2.75) is 57.2 Å². The van der Waals surface area contributed by atoms with Crippen LogP contribution in [-0.2, 0) is 6.54 Å². The Morgan fingerprint density at radius 1 is 1.44 bits per heavy atom. The van der Waals surface area contributed by atoms with Crippen molar-refractivity contribution < 1.29 is 0 Å². The molecular weight excluding hydrogens is 240 g/mol. The van der Waals surface area contributed by atoms with Crippen LogP contribution in [0.5, 0.6) is 0 Å². The molecule has 2 aliphatic rings. The molecule has 2 unspecified atom stereocenters. The van der Waals surface area contributed by atoms with Gasteiger partial charge < -0.3 is 5.73 Å². The number of hydrogen-bond acceptors (Lipinski definition) is 3. The minimum Gasteiger partial charge on any atom is -0.329 e. The van der Waals surface area contributed by atoms with Crippen LogP contribution in [0.15, 0.2) is 17.5 Å². The molecular formula is C15H24N2S. The van der Waals surface area contributed by atoms with Crippen LogP contribution >= 0.6 is 11.3 Å². The molecule has 0 spiro atoms. The molecule has 1 aromatic heterocycles. The van der Waals surface area contributed by atoms with E-state index >= 15 is 0 Å². The molecule has 3 rings (SSSR count). The van der Waals surface area contributed by atoms with Crippen LogP contribution in [0, 0.1) is 5.92 Å². The van der Waals surface area contributed by atoms with E-state index in [4.69, 9.17) is 5.73 Å². The molecule has 2 aliphatic carbocycles. The highest BCUT2D eigenvalue weighted by Crippen LogP contribution is 2.45. The molecule has 0 amide bonds. The molecule has 100 valence electrons. The molecule has 2 fully saturated rings. The van der Waals surface area contributed by atoms with Crippen molar-refractivity contribution in [1.29, 1.82) is 0 Å². The zero-order valence-electron chi connectivity index (χ0n) is 11.3. The molecule has 18 heavy (non-hydrogen) atoms. The highest BCUT2D eigenvalue weighted by Gasteiger charge is 2.48. The van der Waals surface area contributed by atoms with Crippen molar-refractivity contribution in [3.05, 3.63) is 22.4 Å². The lowest BCUT2D eigenvalue weighted by Gasteiger charge is -2.44. The largest absolute Gasteiger partial charge is 0.329 e. The lowest BCUT2D eigenvalue weighted by molar-refractivity contribution is 0.0485. The maximum Gasteiger partial charge on any atom is 0.0363 e. The highest BCUT2D eigenvalue weighted by molar-refractivity contribution is 7.09. The molecule has 2 nitrogen and oxygen atoms in total. The fourth-order valence-electron chi connectivity index (χ4n) is 3.68. The van der Waals surface area contributed by atoms with Gasteiger partial charge in [0.15, 0.2) is 0 Å². The van der Waals surface area contributed by atoms with Gasteiger partial charge in [-0.2, -0.15) is 0 Å². The number of nitrogens with zero attached hydrogens (tertiary/aromatic N) is 1. The summed E-state index contributed by atoms with van der Waals surface area (Å²) in [4.78, 5) is 4.25. The van der Waals surface area contributed by atoms with Gasteiger partial charge in [0.05, 0.1) is 0 Å². The SMILES string of the molecule is CC1CCCC1(CN)N(Cc1cccs1)C1CC1. The molecule has 0 aliphatic heterocycles. The van der Waals surface area contributed by atoms with Crippen LogP contribution in [-0.4, -0.2) is 23.0 Å². The lowest BCUT2D eigenvalue weighted by Crippen LogP contribution is -2.56. The zero-order valence-corrected chi connectivity index (χ0v) is 12.1. The van der Waals surface area contributed by atoms with Gasteiger partial charge in [0.1, 0.15) is 0 Å². The first-order valence-corrected chi connectivity index (χ1v) is 8.13. The summed E-state index contributed by atoms with van der Waals surface area (Å²) in [5, 5.41) is 2.19. The second-order valence-electron chi connectivity index (χ2n) is 6.04. The van der Waals surface area contributed by atoms with Crippen molar-refractivity contribution >= 4 is 11.3 Å². The highest BCUT2D eigenvalue weighted by atomic mass is 32.1. The van der Waals surface area contributed by atoms with Gasteiger partial charge in [-0.3, -0.25) is 4.90 Å². The Balaban J connectivity index is 1.83. The first-order valence-electron chi connectivity index (χ1n) is 7.25. The topological polar surface area (TPSA) is 29.3 Å². The summed E-state index contributed by atoms with van der Waals surface area (Å²) < 4.78 is 0. The summed E-state index contributed by atoms with van der Waals surface area (Å²) in [5.41, 5.74) is 6.50. The van der Waals surface area contributed by atoms with Crippen molar-refractivity contribution in [3.63, 3.8) is 0 Å². The van der Waals surface area contributed by atoms with Gasteiger partial charge in [-0.1, -0.05) is 19.4 Å². The molecule has 2 atom stereocenters. The van der Waals surface area contributed by atoms with E-state index in [1.807, 2.05) is 11.3 Å². The monoisotopic (exact) mass is 264 g/mol. The van der Waals surface area contributed by atoms with Crippen LogP contribution < -0.4 is 5.73 Å². The van der Waals surface area contributed by atoms with E-state index in [0.717, 1.165) is 25.0 Å². The standard InChI is InChI=1S/C15H24N2S/c1-12-4-2-8-15(12,11-16)17(13-6-7-13)10-14-5-3-9-18-14/h3,5,9,12-13H,2,4,6-8,10-11,16H2,1H3. The third kappa shape index (κ3) is 2.13. The molecule has 0 aromatic carbocycles. The van der Waals surface area contributed by atoms with Gasteiger partial charge in [0, 0.05) is 29.5 Å². The first-order chi connectivity index (χ1) is 8.76. The second-order valence-corrected chi connectivity index (χ2v) is 7.07. The van der Waals surface area contributed by atoms with E-state index < -0.39 is 0 Å². The average molecular weight is 264 g/mol. The Bertz CT molecular complexity index is 385. The van der Waals surface area contributed by atoms with Gasteiger partial charge >= 0.3 is 0 Å². The summed E-state index contributed by atoms with van der Waals surface area (Å²) in [5.74, 6) is 0.753. The van der Waals surface area contributed by atoms with Crippen LogP contribution in [0.3, 0.4) is 0 Å². The second kappa shape index (κ2) is 4.95. The van der Waals surface area contributed by atoms with Gasteiger partial charge in [0.25, 0.3) is 0 Å². The Morgan fingerprint density at radius 3 is 2.78 bits per heavy atom. The van der Waals surface area contributed by atoms with Crippen molar-refractivity contribution in [2.24, 2.45) is 11.7 Å². The van der Waals surface area contributed by atoms with E-state index in [9.17, 15) is 0 Å². The Morgan fingerprint density at radius 2 is 2.28 bits per heavy atom. The average Bonchev–Trinajstić information content (AvgIpc) is 2.95. The molecule has 2 saturated carbocycles. The fraction of sp³-hybridized carbons (Fsp3) is 0.733. The van der Waals surface area contributed by atoms with Gasteiger partial charge in [-0.05, 0) is 43.0 Å². The zero-order chi connectivity index (χ0) is 12.6. The molecule has 2 N–H and O–H groups in total. The third-order valence-electron chi connectivity index (χ3n) is 4.98. The number of hydrogen-bond donors (Lipinski definition) is 1. The summed E-state index contributed by atoms with van der Waals surface area (Å²) in [6, 6.07) is 5.23. The van der Waals surface area contributed by atoms with E-state index in [-0.39, 0.29) is 5.54 Å². The molecule has 3 heteroatoms. The van der Waals surface area contributed by atoms with Crippen LogP contribution in [0.4, 0.5) is 0 Å². The quantitative estimate of drug-likeness (QED) is 0.884. The van der Waals surface area contributed by atoms with Crippen LogP contribution in [0.2, 0.25) is 0 Å². The normalized spacial score (nSPS) is 32.3. The molecule has 1 heterocycles. The van der Waals surface area contributed by atoms with E-state index in [2.05, 4.69) is 29.3 Å². The minimum atomic E-state index is 0.283. The van der Waals surface area contributed by atoms with Crippen LogP contribution in [0.25, 0.3) is 0 Å². The molecule has 0 radical (unpaired) electrons. The molecule has 1 aromatic rings. The van der Waals surface area contributed by atoms with Crippen molar-refractivity contribution in [1.82, 2.24) is 4.90 Å². The predicted octanol–water partition coefficient (Wildman–Crippen LogP) is 3.23. The van der Waals surface area contributed by atoms with Gasteiger partial charge in [-0.25, -0.2) is 0 Å². The summed E-state index contributed by atoms with van der Waals surface area (Å²) in [6.45, 7) is 4.35. The predicted molar refractivity (Wildman–Crippen MR) is 77.7 cm³/mol. The van der Waals surface area contributed by atoms with Crippen molar-refractivity contribution in [3.8, 4) is 0 Å². The smallest absolute Gasteiger partial charge is 0.0363 e. The fourth-order valence-corrected chi connectivity index (χ4v) is 4.39. The Hall–Kier alpha value is -0.380. The maximum atomic E-state index is 6.22. The summed E-state index contributed by atoms with van der Waals surface area (Å²) >= 11 is 1.88. The summed E-state index contributed by atoms with van der Waals surface area (Å²) in [7, 11) is 0. The Labute approximate surface area is 114 Å². The first kappa shape index (κ1) is 12.6. The van der Waals surface area contributed by atoms with Gasteiger partial charge in [0.2, 0.25) is 0 Å². The van der Waals surface area contributed by atoms with E-state index in [1.54, 1.807) is 0 Å². The van der Waals surface area contributed by atoms with Gasteiger partial charge in [-0.15, -0.1) is 11.3 Å². The number of nitrogens with two attached hydrogens (primary N) is 1. The van der Waals surface area contributed by atoms with E-state index in [0.29, 0.717) is 0 Å². The number of thiophene rings is 1. The minimum absolute atomic E-state index is 0.283. The molecule has 0 saturated heterocycles. The maximum absolute atomic E-state index is 6.22. The van der Waals surface area contributed by atoms with Crippen molar-refractivity contribution in [2.75, 3.05) is 6.54 Å². The lowest BCUT2D eigenvalue weighted by atomic mass is 9.86. The molecule has 0 bridgehead atoms.